The molecule has 1 atom stereocenters. The summed E-state index contributed by atoms with van der Waals surface area (Å²) >= 11 is 0. The molecular weight excluding hydrogens is 166 g/mol. The third-order valence-corrected chi connectivity index (χ3v) is 1.78. The predicted octanol–water partition coefficient (Wildman–Crippen LogP) is 0.893. The third-order valence-electron chi connectivity index (χ3n) is 1.78. The van der Waals surface area contributed by atoms with Gasteiger partial charge in [-0.25, -0.2) is 0 Å². The summed E-state index contributed by atoms with van der Waals surface area (Å²) in [5.41, 5.74) is 0.837. The maximum absolute atomic E-state index is 9.74. The molecule has 0 saturated heterocycles. The Labute approximate surface area is 78.6 Å². The van der Waals surface area contributed by atoms with Crippen molar-refractivity contribution < 1.29 is 9.84 Å². The number of aliphatic hydroxyl groups excluding tert-OH is 1. The number of nitrogens with zero attached hydrogens (tertiary/aromatic N) is 1. The molecule has 0 aromatic heterocycles. The molecule has 1 aliphatic carbocycles. The molecule has 0 heterocycles. The van der Waals surface area contributed by atoms with Gasteiger partial charge in [0.2, 0.25) is 0 Å². The summed E-state index contributed by atoms with van der Waals surface area (Å²) < 4.78 is 5.02. The summed E-state index contributed by atoms with van der Waals surface area (Å²) in [4.78, 5) is 1.89. The van der Waals surface area contributed by atoms with Crippen LogP contribution in [-0.2, 0) is 4.74 Å². The van der Waals surface area contributed by atoms with Gasteiger partial charge in [-0.15, -0.1) is 0 Å². The molecule has 1 rings (SSSR count). The maximum Gasteiger partial charge on any atom is 0.137 e. The SMILES string of the molecule is COC1=CC=CC(=CN(C)C)C1O. The molecule has 13 heavy (non-hydrogen) atoms. The van der Waals surface area contributed by atoms with E-state index in [4.69, 9.17) is 4.74 Å². The van der Waals surface area contributed by atoms with Crippen molar-refractivity contribution in [2.45, 2.75) is 6.10 Å². The van der Waals surface area contributed by atoms with Gasteiger partial charge in [-0.1, -0.05) is 12.2 Å². The zero-order valence-electron chi connectivity index (χ0n) is 8.19. The number of hydrogen-bond donors (Lipinski definition) is 1. The molecule has 0 aromatic carbocycles. The Bertz CT molecular complexity index is 264. The minimum atomic E-state index is -0.641. The van der Waals surface area contributed by atoms with Crippen LogP contribution in [0.15, 0.2) is 35.8 Å². The van der Waals surface area contributed by atoms with Crippen molar-refractivity contribution in [1.82, 2.24) is 4.90 Å². The molecule has 0 fully saturated rings. The van der Waals surface area contributed by atoms with Crippen molar-refractivity contribution >= 4 is 0 Å². The van der Waals surface area contributed by atoms with E-state index in [1.165, 1.54) is 0 Å². The van der Waals surface area contributed by atoms with E-state index in [2.05, 4.69) is 0 Å². The lowest BCUT2D eigenvalue weighted by molar-refractivity contribution is 0.153. The van der Waals surface area contributed by atoms with Crippen LogP contribution in [-0.4, -0.2) is 37.3 Å². The first-order valence-corrected chi connectivity index (χ1v) is 4.13. The molecule has 0 aromatic rings. The molecule has 0 radical (unpaired) electrons. The summed E-state index contributed by atoms with van der Waals surface area (Å²) in [6.07, 6.45) is 6.72. The van der Waals surface area contributed by atoms with Crippen LogP contribution >= 0.6 is 0 Å². The standard InChI is InChI=1S/C10H15NO2/c1-11(2)7-8-5-4-6-9(13-3)10(8)12/h4-7,10,12H,1-3H3. The molecule has 1 N–H and O–H groups in total. The monoisotopic (exact) mass is 181 g/mol. The smallest absolute Gasteiger partial charge is 0.137 e. The number of allylic oxidation sites excluding steroid dienone is 2. The Kier molecular flexibility index (Phi) is 3.14. The third kappa shape index (κ3) is 2.36. The second-order valence-corrected chi connectivity index (χ2v) is 3.13. The average molecular weight is 181 g/mol. The van der Waals surface area contributed by atoms with Gasteiger partial charge in [0, 0.05) is 25.9 Å². The quantitative estimate of drug-likeness (QED) is 0.686. The lowest BCUT2D eigenvalue weighted by atomic mass is 10.0. The van der Waals surface area contributed by atoms with Crippen LogP contribution < -0.4 is 0 Å². The van der Waals surface area contributed by atoms with Gasteiger partial charge < -0.3 is 14.7 Å². The largest absolute Gasteiger partial charge is 0.498 e. The fourth-order valence-corrected chi connectivity index (χ4v) is 1.19. The first-order valence-electron chi connectivity index (χ1n) is 4.13. The molecule has 0 bridgehead atoms. The Morgan fingerprint density at radius 2 is 2.23 bits per heavy atom. The first kappa shape index (κ1) is 9.86. The predicted molar refractivity (Wildman–Crippen MR) is 52.0 cm³/mol. The average Bonchev–Trinajstić information content (AvgIpc) is 2.08. The highest BCUT2D eigenvalue weighted by Gasteiger charge is 2.17. The van der Waals surface area contributed by atoms with Crippen LogP contribution in [0.2, 0.25) is 0 Å². The van der Waals surface area contributed by atoms with Gasteiger partial charge in [-0.3, -0.25) is 0 Å². The number of methoxy groups -OCH3 is 1. The van der Waals surface area contributed by atoms with Crippen molar-refractivity contribution in [3.63, 3.8) is 0 Å². The van der Waals surface area contributed by atoms with E-state index < -0.39 is 6.10 Å². The zero-order chi connectivity index (χ0) is 9.84. The van der Waals surface area contributed by atoms with Crippen LogP contribution in [0.3, 0.4) is 0 Å². The second-order valence-electron chi connectivity index (χ2n) is 3.13. The second kappa shape index (κ2) is 4.14. The van der Waals surface area contributed by atoms with E-state index in [1.54, 1.807) is 13.2 Å². The molecule has 3 nitrogen and oxygen atoms in total. The summed E-state index contributed by atoms with van der Waals surface area (Å²) in [6.45, 7) is 0. The van der Waals surface area contributed by atoms with Crippen molar-refractivity contribution in [1.29, 1.82) is 0 Å². The Morgan fingerprint density at radius 1 is 1.54 bits per heavy atom. The van der Waals surface area contributed by atoms with Crippen LogP contribution in [0.5, 0.6) is 0 Å². The van der Waals surface area contributed by atoms with Crippen LogP contribution in [0, 0.1) is 0 Å². The molecule has 1 unspecified atom stereocenters. The van der Waals surface area contributed by atoms with Gasteiger partial charge in [0.05, 0.1) is 7.11 Å². The highest BCUT2D eigenvalue weighted by Crippen LogP contribution is 2.18. The van der Waals surface area contributed by atoms with E-state index in [0.29, 0.717) is 5.76 Å². The van der Waals surface area contributed by atoms with Gasteiger partial charge >= 0.3 is 0 Å². The van der Waals surface area contributed by atoms with Crippen LogP contribution in [0.4, 0.5) is 0 Å². The Balaban J connectivity index is 2.83. The van der Waals surface area contributed by atoms with Crippen LogP contribution in [0.1, 0.15) is 0 Å². The molecule has 0 aliphatic heterocycles. The van der Waals surface area contributed by atoms with E-state index >= 15 is 0 Å². The summed E-state index contributed by atoms with van der Waals surface area (Å²) in [7, 11) is 5.39. The minimum absolute atomic E-state index is 0.579. The van der Waals surface area contributed by atoms with Crippen molar-refractivity contribution in [2.75, 3.05) is 21.2 Å². The number of rotatable bonds is 2. The fourth-order valence-electron chi connectivity index (χ4n) is 1.19. The lowest BCUT2D eigenvalue weighted by Gasteiger charge is -2.19. The molecule has 3 heteroatoms. The van der Waals surface area contributed by atoms with Gasteiger partial charge in [0.15, 0.2) is 0 Å². The van der Waals surface area contributed by atoms with Crippen molar-refractivity contribution in [2.24, 2.45) is 0 Å². The highest BCUT2D eigenvalue weighted by atomic mass is 16.5. The number of ether oxygens (including phenoxy) is 1. The maximum atomic E-state index is 9.74. The molecule has 1 aliphatic rings. The van der Waals surface area contributed by atoms with E-state index in [9.17, 15) is 5.11 Å². The highest BCUT2D eigenvalue weighted by molar-refractivity contribution is 5.36. The zero-order valence-corrected chi connectivity index (χ0v) is 8.19. The number of hydrogen-bond acceptors (Lipinski definition) is 3. The summed E-state index contributed by atoms with van der Waals surface area (Å²) in [6, 6.07) is 0. The fraction of sp³-hybridized carbons (Fsp3) is 0.400. The lowest BCUT2D eigenvalue weighted by Crippen LogP contribution is -2.18. The van der Waals surface area contributed by atoms with Crippen molar-refractivity contribution in [3.05, 3.63) is 35.8 Å². The van der Waals surface area contributed by atoms with E-state index in [0.717, 1.165) is 5.57 Å². The minimum Gasteiger partial charge on any atom is -0.498 e. The van der Waals surface area contributed by atoms with Crippen molar-refractivity contribution in [3.8, 4) is 0 Å². The molecule has 0 amide bonds. The topological polar surface area (TPSA) is 32.7 Å². The molecule has 72 valence electrons. The summed E-state index contributed by atoms with van der Waals surface area (Å²) in [5, 5.41) is 9.74. The van der Waals surface area contributed by atoms with Gasteiger partial charge in [-0.05, 0) is 6.08 Å². The Hall–Kier alpha value is -1.22. The molecule has 0 spiro atoms. The van der Waals surface area contributed by atoms with Crippen LogP contribution in [0.25, 0.3) is 0 Å². The normalized spacial score (nSPS) is 24.5. The van der Waals surface area contributed by atoms with Gasteiger partial charge in [0.1, 0.15) is 11.9 Å². The van der Waals surface area contributed by atoms with Gasteiger partial charge in [0.25, 0.3) is 0 Å². The van der Waals surface area contributed by atoms with E-state index in [-0.39, 0.29) is 0 Å². The molecule has 0 saturated carbocycles. The van der Waals surface area contributed by atoms with E-state index in [1.807, 2.05) is 37.3 Å². The molecular formula is C10H15NO2. The number of aliphatic hydroxyl groups is 1. The Morgan fingerprint density at radius 3 is 2.77 bits per heavy atom. The summed E-state index contributed by atoms with van der Waals surface area (Å²) in [5.74, 6) is 0.579. The first-order chi connectivity index (χ1) is 6.15. The van der Waals surface area contributed by atoms with Gasteiger partial charge in [-0.2, -0.15) is 0 Å².